The Labute approximate surface area is 42.8 Å². The summed E-state index contributed by atoms with van der Waals surface area (Å²) >= 11 is 0. The molecule has 0 aromatic rings. The fourth-order valence-corrected chi connectivity index (χ4v) is 0. The highest BCUT2D eigenvalue weighted by molar-refractivity contribution is 5.85. The maximum atomic E-state index is 0. The zero-order chi connectivity index (χ0) is 0. The largest absolute Gasteiger partial charge is 0.412 e. The highest BCUT2D eigenvalue weighted by Gasteiger charge is -0.146. The van der Waals surface area contributed by atoms with Gasteiger partial charge in [0.05, 0.1) is 0 Å². The van der Waals surface area contributed by atoms with Crippen LogP contribution in [0.4, 0.5) is 0 Å². The third kappa shape index (κ3) is 128. The second-order valence-corrected chi connectivity index (χ2v) is 0. The molecule has 7 N–H and O–H groups in total. The summed E-state index contributed by atoms with van der Waals surface area (Å²) in [4.78, 5) is 0. The number of hydrogen-bond acceptors (Lipinski definition) is 1. The molecular weight excluding hydrogens is 117 g/mol. The van der Waals surface area contributed by atoms with Gasteiger partial charge in [-0.15, -0.1) is 24.8 Å². The van der Waals surface area contributed by atoms with Gasteiger partial charge in [-0.25, -0.2) is 0 Å². The lowest BCUT2D eigenvalue weighted by Crippen LogP contribution is -0.481. The minimum Gasteiger partial charge on any atom is -0.412 e. The lowest BCUT2D eigenvalue weighted by molar-refractivity contribution is 0.823. The van der Waals surface area contributed by atoms with E-state index in [4.69, 9.17) is 0 Å². The van der Waals surface area contributed by atoms with Crippen molar-refractivity contribution in [3.05, 3.63) is 0 Å². The second kappa shape index (κ2) is 252. The third-order valence-electron chi connectivity index (χ3n) is 0. The first kappa shape index (κ1) is 513. The van der Waals surface area contributed by atoms with Crippen LogP contribution >= 0.6 is 24.8 Å². The zero-order valence-electron chi connectivity index (χ0n) is 2.52. The van der Waals surface area contributed by atoms with Gasteiger partial charge in [0.25, 0.3) is 0 Å². The van der Waals surface area contributed by atoms with Crippen LogP contribution in [0.3, 0.4) is 0 Å². The van der Waals surface area contributed by atoms with Gasteiger partial charge in [-0.2, -0.15) is 0 Å². The molecule has 40 valence electrons. The van der Waals surface area contributed by atoms with E-state index in [1.807, 2.05) is 0 Å². The van der Waals surface area contributed by atoms with Crippen molar-refractivity contribution in [1.29, 1.82) is 0 Å². The highest BCUT2D eigenvalue weighted by Crippen LogP contribution is 0.691. The van der Waals surface area contributed by atoms with Gasteiger partial charge in [0.2, 0.25) is 0 Å². The molecule has 5 heavy (non-hydrogen) atoms. The fraction of sp³-hybridized carbons (Fsp3) is 0. The van der Waals surface area contributed by atoms with Crippen LogP contribution in [0.1, 0.15) is 0 Å². The van der Waals surface area contributed by atoms with Gasteiger partial charge >= 0.3 is 0 Å². The fourth-order valence-electron chi connectivity index (χ4n) is 0. The molecule has 5 heteroatoms. The summed E-state index contributed by atoms with van der Waals surface area (Å²) in [6, 6.07) is 0. The van der Waals surface area contributed by atoms with E-state index >= 15 is 0 Å². The smallest absolute Gasteiger partial charge is 0.147 e. The van der Waals surface area contributed by atoms with Gasteiger partial charge in [0.15, 0.2) is 0 Å². The Morgan fingerprint density at radius 2 is 0.600 bits per heavy atom. The summed E-state index contributed by atoms with van der Waals surface area (Å²) in [5, 5.41) is 0. The first-order valence-corrected chi connectivity index (χ1v) is 0. The predicted octanol–water partition coefficient (Wildman–Crippen LogP) is -0.644. The molecule has 0 aromatic heterocycles. The molecule has 0 saturated carbocycles. The molecule has 0 fully saturated rings. The van der Waals surface area contributed by atoms with Crippen molar-refractivity contribution < 1.29 is 11.0 Å². The first-order valence-electron chi connectivity index (χ1n) is 0. The Bertz CT molecular complexity index is 7.61. The topological polar surface area (TPSA) is 98.0 Å². The summed E-state index contributed by atoms with van der Waals surface area (Å²) in [5.41, 5.74) is 0. The average molecular weight is 126 g/mol. The normalized spacial score (nSPS) is 0. The number of halogens is 2. The van der Waals surface area contributed by atoms with Crippen molar-refractivity contribution in [2.75, 3.05) is 0 Å². The zero-order valence-corrected chi connectivity index (χ0v) is 4.16. The number of hydrogen-bond donors (Lipinski definition) is 1. The molecule has 0 aliphatic rings. The SMILES string of the molecule is Cl.Cl.N.O.O. The molecule has 3 nitrogen and oxygen atoms in total. The first-order chi connectivity index (χ1) is 0. The molecule has 0 radical (unpaired) electrons. The van der Waals surface area contributed by atoms with Crippen molar-refractivity contribution >= 4 is 24.8 Å². The molecule has 0 unspecified atom stereocenters. The van der Waals surface area contributed by atoms with Gasteiger partial charge in [-0.3, -0.25) is 0 Å². The molecule has 0 bridgehead atoms. The Kier molecular flexibility index (Phi) is 25900. The molecule has 0 aromatic carbocycles. The molecular formula is H9Cl2NO2. The van der Waals surface area contributed by atoms with Crippen molar-refractivity contribution in [2.24, 2.45) is 0 Å². The van der Waals surface area contributed by atoms with Gasteiger partial charge in [0.1, 0.15) is 0 Å². The van der Waals surface area contributed by atoms with E-state index in [1.54, 1.807) is 0 Å². The van der Waals surface area contributed by atoms with Crippen molar-refractivity contribution in [3.63, 3.8) is 0 Å². The Morgan fingerprint density at radius 1 is 0.600 bits per heavy atom. The van der Waals surface area contributed by atoms with Crippen molar-refractivity contribution in [1.82, 2.24) is 6.15 Å². The van der Waals surface area contributed by atoms with Crippen molar-refractivity contribution in [3.8, 4) is 0 Å². The molecule has 0 aliphatic heterocycles. The quantitative estimate of drug-likeness (QED) is 0.458. The summed E-state index contributed by atoms with van der Waals surface area (Å²) < 4.78 is 0. The van der Waals surface area contributed by atoms with Crippen LogP contribution in [0.2, 0.25) is 0 Å². The van der Waals surface area contributed by atoms with Crippen LogP contribution in [-0.2, 0) is 0 Å². The third-order valence-corrected chi connectivity index (χ3v) is 0. The molecule has 0 spiro atoms. The van der Waals surface area contributed by atoms with Gasteiger partial charge in [-0.05, 0) is 0 Å². The van der Waals surface area contributed by atoms with Crippen LogP contribution < -0.4 is 6.15 Å². The maximum Gasteiger partial charge on any atom is -0.147 e. The van der Waals surface area contributed by atoms with Gasteiger partial charge < -0.3 is 17.1 Å². The van der Waals surface area contributed by atoms with E-state index in [2.05, 4.69) is 0 Å². The Morgan fingerprint density at radius 3 is 0.600 bits per heavy atom. The minimum atomic E-state index is 0. The van der Waals surface area contributed by atoms with Crippen LogP contribution in [0, 0.1) is 0 Å². The molecule has 0 saturated heterocycles. The summed E-state index contributed by atoms with van der Waals surface area (Å²) in [6.45, 7) is 0. The monoisotopic (exact) mass is 125 g/mol. The van der Waals surface area contributed by atoms with Crippen LogP contribution in [0.15, 0.2) is 0 Å². The lowest BCUT2D eigenvalue weighted by atomic mass is 14.0. The minimum absolute atomic E-state index is 0. The highest BCUT2D eigenvalue weighted by atomic mass is 35.5. The maximum absolute atomic E-state index is 0. The predicted molar refractivity (Wildman–Crippen MR) is 26.7 cm³/mol. The van der Waals surface area contributed by atoms with Crippen LogP contribution in [0.5, 0.6) is 0 Å². The molecule has 0 heterocycles. The lowest BCUT2D eigenvalue weighted by Gasteiger charge is -0.413. The Balaban J connectivity index is 0. The van der Waals surface area contributed by atoms with E-state index in [9.17, 15) is 0 Å². The van der Waals surface area contributed by atoms with Crippen LogP contribution in [0.25, 0.3) is 0 Å². The molecule has 0 aliphatic carbocycles. The number of rotatable bonds is 0. The Hall–Kier alpha value is 0.460. The van der Waals surface area contributed by atoms with Crippen LogP contribution in [-0.4, -0.2) is 11.0 Å². The molecule has 0 atom stereocenters. The average Bonchev–Trinajstić information content (AvgIpc) is 0. The summed E-state index contributed by atoms with van der Waals surface area (Å²) in [7, 11) is 0. The van der Waals surface area contributed by atoms with E-state index in [0.29, 0.717) is 0 Å². The van der Waals surface area contributed by atoms with E-state index in [0.717, 1.165) is 0 Å². The van der Waals surface area contributed by atoms with E-state index < -0.39 is 0 Å². The summed E-state index contributed by atoms with van der Waals surface area (Å²) in [6.07, 6.45) is 0. The van der Waals surface area contributed by atoms with Crippen molar-refractivity contribution in [2.45, 2.75) is 0 Å². The van der Waals surface area contributed by atoms with E-state index in [1.165, 1.54) is 0 Å². The standard InChI is InChI=1S/2ClH.H3N.2H2O/h2*1H;1H3;2*1H2. The van der Waals surface area contributed by atoms with Gasteiger partial charge in [-0.1, -0.05) is 0 Å². The molecule has 0 amide bonds. The second-order valence-electron chi connectivity index (χ2n) is 0. The van der Waals surface area contributed by atoms with Gasteiger partial charge in [0, 0.05) is 0 Å². The summed E-state index contributed by atoms with van der Waals surface area (Å²) in [5.74, 6) is 0. The van der Waals surface area contributed by atoms with E-state index in [-0.39, 0.29) is 41.9 Å². The molecule has 0 rings (SSSR count).